The normalized spacial score (nSPS) is 19.1. The fourth-order valence-corrected chi connectivity index (χ4v) is 4.23. The van der Waals surface area contributed by atoms with E-state index >= 15 is 0 Å². The Hall–Kier alpha value is -3.06. The Morgan fingerprint density at radius 2 is 2.00 bits per heavy atom. The summed E-state index contributed by atoms with van der Waals surface area (Å²) in [6.07, 6.45) is 6.44. The second kappa shape index (κ2) is 7.16. The lowest BCUT2D eigenvalue weighted by Gasteiger charge is -2.25. The van der Waals surface area contributed by atoms with Gasteiger partial charge in [0.05, 0.1) is 12.6 Å². The highest BCUT2D eigenvalue weighted by Crippen LogP contribution is 2.32. The quantitative estimate of drug-likeness (QED) is 0.759. The van der Waals surface area contributed by atoms with Gasteiger partial charge in [-0.05, 0) is 49.6 Å². The van der Waals surface area contributed by atoms with Crippen molar-refractivity contribution in [3.8, 4) is 11.4 Å². The molecule has 0 unspecified atom stereocenters. The van der Waals surface area contributed by atoms with Crippen molar-refractivity contribution in [1.29, 1.82) is 0 Å². The zero-order valence-corrected chi connectivity index (χ0v) is 15.6. The van der Waals surface area contributed by atoms with E-state index in [0.29, 0.717) is 12.4 Å². The number of carbonyl (C=O) groups excluding carboxylic acids is 1. The number of rotatable bonds is 4. The first-order valence-electron chi connectivity index (χ1n) is 9.74. The number of para-hydroxylation sites is 1. The molecule has 2 aromatic heterocycles. The van der Waals surface area contributed by atoms with Crippen molar-refractivity contribution in [2.24, 2.45) is 0 Å². The first kappa shape index (κ1) is 17.1. The Labute approximate surface area is 163 Å². The highest BCUT2D eigenvalue weighted by atomic mass is 16.2. The van der Waals surface area contributed by atoms with Crippen molar-refractivity contribution < 1.29 is 4.79 Å². The van der Waals surface area contributed by atoms with Crippen molar-refractivity contribution in [3.05, 3.63) is 60.2 Å². The Morgan fingerprint density at radius 1 is 1.14 bits per heavy atom. The van der Waals surface area contributed by atoms with Gasteiger partial charge in [0.15, 0.2) is 5.82 Å². The minimum Gasteiger partial charge on any atom is -0.311 e. The summed E-state index contributed by atoms with van der Waals surface area (Å²) in [5, 5.41) is 7.45. The van der Waals surface area contributed by atoms with Gasteiger partial charge in [0.25, 0.3) is 0 Å². The smallest absolute Gasteiger partial charge is 0.241 e. The minimum absolute atomic E-state index is 0.102. The van der Waals surface area contributed by atoms with Crippen molar-refractivity contribution in [3.63, 3.8) is 0 Å². The lowest BCUT2D eigenvalue weighted by molar-refractivity contribution is -0.119. The molecule has 2 aliphatic rings. The molecule has 0 spiro atoms. The van der Waals surface area contributed by atoms with Gasteiger partial charge in [-0.25, -0.2) is 4.98 Å². The first-order chi connectivity index (χ1) is 13.8. The molecule has 0 saturated carbocycles. The molecule has 1 N–H and O–H groups in total. The first-order valence-corrected chi connectivity index (χ1v) is 9.74. The molecule has 1 amide bonds. The van der Waals surface area contributed by atoms with Gasteiger partial charge in [-0.15, -0.1) is 0 Å². The van der Waals surface area contributed by atoms with Crippen molar-refractivity contribution in [2.45, 2.75) is 25.3 Å². The van der Waals surface area contributed by atoms with E-state index in [4.69, 9.17) is 4.98 Å². The minimum atomic E-state index is 0.102. The average Bonchev–Trinajstić information content (AvgIpc) is 3.47. The van der Waals surface area contributed by atoms with Crippen LogP contribution >= 0.6 is 0 Å². The molecule has 0 bridgehead atoms. The monoisotopic (exact) mass is 374 g/mol. The molecule has 1 saturated heterocycles. The number of likely N-dealkylation sites (tertiary alicyclic amines) is 1. The summed E-state index contributed by atoms with van der Waals surface area (Å²) >= 11 is 0. The third kappa shape index (κ3) is 3.07. The number of carbonyl (C=O) groups is 1. The maximum Gasteiger partial charge on any atom is 0.241 e. The predicted octanol–water partition coefficient (Wildman–Crippen LogP) is 2.59. The zero-order valence-electron chi connectivity index (χ0n) is 15.6. The summed E-state index contributed by atoms with van der Waals surface area (Å²) in [4.78, 5) is 25.9. The van der Waals surface area contributed by atoms with E-state index in [1.165, 1.54) is 5.56 Å². The fourth-order valence-electron chi connectivity index (χ4n) is 4.23. The third-order valence-electron chi connectivity index (χ3n) is 5.65. The van der Waals surface area contributed by atoms with Crippen LogP contribution in [0.2, 0.25) is 0 Å². The molecular weight excluding hydrogens is 352 g/mol. The molecule has 7 nitrogen and oxygen atoms in total. The maximum atomic E-state index is 13.0. The molecule has 3 aromatic rings. The number of nitrogens with zero attached hydrogens (tertiary/aromatic N) is 5. The number of benzene rings is 1. The summed E-state index contributed by atoms with van der Waals surface area (Å²) in [5.74, 6) is 1.66. The summed E-state index contributed by atoms with van der Waals surface area (Å²) in [5.41, 5.74) is 3.25. The van der Waals surface area contributed by atoms with Crippen molar-refractivity contribution >= 4 is 11.6 Å². The molecule has 0 aliphatic carbocycles. The van der Waals surface area contributed by atoms with E-state index in [-0.39, 0.29) is 11.9 Å². The molecule has 4 heterocycles. The summed E-state index contributed by atoms with van der Waals surface area (Å²) in [7, 11) is 0. The van der Waals surface area contributed by atoms with Gasteiger partial charge in [-0.1, -0.05) is 18.2 Å². The lowest BCUT2D eigenvalue weighted by atomic mass is 10.2. The van der Waals surface area contributed by atoms with Gasteiger partial charge in [-0.2, -0.15) is 5.10 Å². The SMILES string of the molecule is O=C(CN1CCC[C@H]1c1nc(-c2ccncc2)n[nH]1)N1CCc2ccccc21. The van der Waals surface area contributed by atoms with Crippen LogP contribution in [0.25, 0.3) is 11.4 Å². The number of H-pyrrole nitrogens is 1. The molecule has 1 atom stereocenters. The molecule has 28 heavy (non-hydrogen) atoms. The molecule has 2 aliphatic heterocycles. The van der Waals surface area contributed by atoms with Gasteiger partial charge in [0.2, 0.25) is 5.91 Å². The molecule has 1 fully saturated rings. The van der Waals surface area contributed by atoms with E-state index in [1.54, 1.807) is 12.4 Å². The van der Waals surface area contributed by atoms with Crippen LogP contribution < -0.4 is 4.90 Å². The standard InChI is InChI=1S/C21H22N6O/c28-19(27-13-9-15-4-1-2-5-17(15)27)14-26-12-3-6-18(26)21-23-20(24-25-21)16-7-10-22-11-8-16/h1-2,4-5,7-8,10-11,18H,3,6,9,12-14H2,(H,23,24,25)/t18-/m0/s1. The van der Waals surface area contributed by atoms with Gasteiger partial charge < -0.3 is 4.90 Å². The van der Waals surface area contributed by atoms with Crippen LogP contribution in [0.15, 0.2) is 48.8 Å². The highest BCUT2D eigenvalue weighted by Gasteiger charge is 2.33. The van der Waals surface area contributed by atoms with Crippen LogP contribution in [-0.2, 0) is 11.2 Å². The van der Waals surface area contributed by atoms with Gasteiger partial charge in [0, 0.05) is 30.2 Å². The second-order valence-corrected chi connectivity index (χ2v) is 7.33. The molecule has 0 radical (unpaired) electrons. The number of hydrogen-bond acceptors (Lipinski definition) is 5. The number of hydrogen-bond donors (Lipinski definition) is 1. The largest absolute Gasteiger partial charge is 0.311 e. The van der Waals surface area contributed by atoms with Crippen LogP contribution in [0.3, 0.4) is 0 Å². The van der Waals surface area contributed by atoms with Gasteiger partial charge in [-0.3, -0.25) is 19.8 Å². The number of pyridine rings is 1. The topological polar surface area (TPSA) is 78.0 Å². The maximum absolute atomic E-state index is 13.0. The van der Waals surface area contributed by atoms with E-state index in [2.05, 4.69) is 26.1 Å². The molecule has 142 valence electrons. The van der Waals surface area contributed by atoms with Gasteiger partial charge in [0.1, 0.15) is 5.82 Å². The predicted molar refractivity (Wildman–Crippen MR) is 106 cm³/mol. The highest BCUT2D eigenvalue weighted by molar-refractivity contribution is 5.96. The summed E-state index contributed by atoms with van der Waals surface area (Å²) in [6.45, 7) is 2.08. The number of amides is 1. The number of aromatic amines is 1. The van der Waals surface area contributed by atoms with Crippen LogP contribution in [0.1, 0.15) is 30.3 Å². The van der Waals surface area contributed by atoms with Crippen LogP contribution in [0.5, 0.6) is 0 Å². The molecule has 5 rings (SSSR count). The van der Waals surface area contributed by atoms with Crippen LogP contribution in [0.4, 0.5) is 5.69 Å². The zero-order chi connectivity index (χ0) is 18.9. The van der Waals surface area contributed by atoms with E-state index in [0.717, 1.165) is 49.4 Å². The molecular formula is C21H22N6O. The molecule has 7 heteroatoms. The number of anilines is 1. The summed E-state index contributed by atoms with van der Waals surface area (Å²) < 4.78 is 0. The average molecular weight is 374 g/mol. The van der Waals surface area contributed by atoms with E-state index in [9.17, 15) is 4.79 Å². The lowest BCUT2D eigenvalue weighted by Crippen LogP contribution is -2.39. The van der Waals surface area contributed by atoms with Crippen LogP contribution in [-0.4, -0.2) is 50.6 Å². The fraction of sp³-hybridized carbons (Fsp3) is 0.333. The number of aromatic nitrogens is 4. The van der Waals surface area contributed by atoms with Crippen LogP contribution in [0, 0.1) is 0 Å². The Morgan fingerprint density at radius 3 is 2.89 bits per heavy atom. The third-order valence-corrected chi connectivity index (χ3v) is 5.65. The molecule has 1 aromatic carbocycles. The van der Waals surface area contributed by atoms with Crippen molar-refractivity contribution in [2.75, 3.05) is 24.5 Å². The van der Waals surface area contributed by atoms with Crippen molar-refractivity contribution in [1.82, 2.24) is 25.1 Å². The number of fused-ring (bicyclic) bond motifs is 1. The number of nitrogens with one attached hydrogen (secondary N) is 1. The Kier molecular flexibility index (Phi) is 4.37. The second-order valence-electron chi connectivity index (χ2n) is 7.33. The Balaban J connectivity index is 1.31. The Bertz CT molecular complexity index is 985. The van der Waals surface area contributed by atoms with Gasteiger partial charge >= 0.3 is 0 Å². The summed E-state index contributed by atoms with van der Waals surface area (Å²) in [6, 6.07) is 12.1. The van der Waals surface area contributed by atoms with E-state index in [1.807, 2.05) is 35.2 Å². The van der Waals surface area contributed by atoms with E-state index < -0.39 is 0 Å².